The largest absolute Gasteiger partial charge is 0.490 e. The number of hydrogen-bond acceptors (Lipinski definition) is 6. The zero-order chi connectivity index (χ0) is 25.4. The van der Waals surface area contributed by atoms with Crippen LogP contribution in [0, 0.1) is 10.1 Å². The smallest absolute Gasteiger partial charge is 0.256 e. The molecule has 3 aromatic rings. The second-order valence-electron chi connectivity index (χ2n) is 9.02. The Kier molecular flexibility index (Phi) is 6.32. The third-order valence-corrected chi connectivity index (χ3v) is 7.33. The Hall–Kier alpha value is -3.62. The summed E-state index contributed by atoms with van der Waals surface area (Å²) < 4.78 is 11.9. The van der Waals surface area contributed by atoms with Crippen molar-refractivity contribution in [3.05, 3.63) is 98.6 Å². The maximum atomic E-state index is 13.2. The van der Waals surface area contributed by atoms with Gasteiger partial charge in [0.05, 0.1) is 12.5 Å². The molecule has 1 fully saturated rings. The number of nitro groups is 1. The van der Waals surface area contributed by atoms with Crippen LogP contribution in [-0.4, -0.2) is 29.5 Å². The Morgan fingerprint density at radius 2 is 1.81 bits per heavy atom. The van der Waals surface area contributed by atoms with E-state index in [9.17, 15) is 14.9 Å². The molecule has 0 unspecified atom stereocenters. The summed E-state index contributed by atoms with van der Waals surface area (Å²) in [6.07, 6.45) is 0. The number of hydrogen-bond donors (Lipinski definition) is 2. The third kappa shape index (κ3) is 3.86. The molecule has 0 aliphatic carbocycles. The van der Waals surface area contributed by atoms with E-state index in [1.165, 1.54) is 0 Å². The fourth-order valence-corrected chi connectivity index (χ4v) is 5.63. The summed E-state index contributed by atoms with van der Waals surface area (Å²) in [6, 6.07) is 18.3. The predicted octanol–water partition coefficient (Wildman–Crippen LogP) is 4.89. The summed E-state index contributed by atoms with van der Waals surface area (Å²) in [7, 11) is 0. The van der Waals surface area contributed by atoms with E-state index < -0.39 is 23.4 Å². The zero-order valence-electron chi connectivity index (χ0n) is 19.9. The second kappa shape index (κ2) is 9.44. The number of fused-ring (bicyclic) bond motifs is 2. The van der Waals surface area contributed by atoms with Crippen LogP contribution in [-0.2, 0) is 16.9 Å². The molecule has 5 rings (SSSR count). The lowest BCUT2D eigenvalue weighted by atomic mass is 9.78. The first-order chi connectivity index (χ1) is 17.4. The molecule has 0 radical (unpaired) electrons. The Labute approximate surface area is 213 Å². The molecule has 8 nitrogen and oxygen atoms in total. The average Bonchev–Trinajstić information content (AvgIpc) is 3.33. The summed E-state index contributed by atoms with van der Waals surface area (Å²) in [6.45, 7) is 4.37. The number of anilines is 1. The lowest BCUT2D eigenvalue weighted by molar-refractivity contribution is -0.532. The van der Waals surface area contributed by atoms with Crippen molar-refractivity contribution in [1.29, 1.82) is 0 Å². The fraction of sp³-hybridized carbons (Fsp3) is 0.296. The van der Waals surface area contributed by atoms with Crippen LogP contribution < -0.4 is 20.1 Å². The molecule has 0 bridgehead atoms. The molecular formula is C27H26ClN3O5. The number of nitrogens with zero attached hydrogens (tertiary/aromatic N) is 1. The molecule has 36 heavy (non-hydrogen) atoms. The van der Waals surface area contributed by atoms with Crippen LogP contribution in [0.25, 0.3) is 0 Å². The highest BCUT2D eigenvalue weighted by Crippen LogP contribution is 2.50. The molecule has 2 N–H and O–H groups in total. The Morgan fingerprint density at radius 1 is 1.06 bits per heavy atom. The predicted molar refractivity (Wildman–Crippen MR) is 136 cm³/mol. The summed E-state index contributed by atoms with van der Waals surface area (Å²) >= 11 is 6.26. The van der Waals surface area contributed by atoms with Gasteiger partial charge < -0.3 is 14.8 Å². The van der Waals surface area contributed by atoms with E-state index >= 15 is 0 Å². The van der Waals surface area contributed by atoms with Crippen LogP contribution in [0.1, 0.15) is 36.5 Å². The minimum absolute atomic E-state index is 0.248. The number of halogens is 1. The van der Waals surface area contributed by atoms with Gasteiger partial charge in [-0.25, -0.2) is 0 Å². The number of benzene rings is 3. The van der Waals surface area contributed by atoms with Gasteiger partial charge in [0.1, 0.15) is 6.61 Å². The maximum Gasteiger partial charge on any atom is 0.256 e. The number of carbonyl (C=O) groups is 1. The molecule has 0 saturated carbocycles. The first kappa shape index (κ1) is 24.1. The van der Waals surface area contributed by atoms with Gasteiger partial charge in [-0.1, -0.05) is 54.1 Å². The van der Waals surface area contributed by atoms with E-state index in [0.29, 0.717) is 39.9 Å². The quantitative estimate of drug-likeness (QED) is 0.349. The van der Waals surface area contributed by atoms with Gasteiger partial charge in [-0.2, -0.15) is 0 Å². The lowest BCUT2D eigenvalue weighted by Gasteiger charge is -2.25. The van der Waals surface area contributed by atoms with Crippen molar-refractivity contribution < 1.29 is 19.2 Å². The minimum Gasteiger partial charge on any atom is -0.490 e. The average molecular weight is 508 g/mol. The molecule has 9 heteroatoms. The molecule has 186 valence electrons. The molecule has 1 amide bonds. The van der Waals surface area contributed by atoms with Crippen molar-refractivity contribution >= 4 is 23.2 Å². The Morgan fingerprint density at radius 3 is 2.56 bits per heavy atom. The van der Waals surface area contributed by atoms with E-state index in [0.717, 1.165) is 5.56 Å². The van der Waals surface area contributed by atoms with Crippen LogP contribution in [0.5, 0.6) is 11.5 Å². The SMILES string of the molecule is CCOc1cc([C@@H]2[C@H](C)N[C@]3(C(=O)Nc4ccccc43)[C@@H]2[N+](=O)[O-])ccc1OCc1ccccc1Cl. The van der Waals surface area contributed by atoms with Crippen molar-refractivity contribution in [3.63, 3.8) is 0 Å². The van der Waals surface area contributed by atoms with Gasteiger partial charge in [-0.3, -0.25) is 20.2 Å². The van der Waals surface area contributed by atoms with Gasteiger partial charge in [0.15, 0.2) is 17.0 Å². The van der Waals surface area contributed by atoms with E-state index in [-0.39, 0.29) is 17.6 Å². The standard InChI is InChI=1S/C27H26ClN3O5/c1-3-35-23-14-17(12-13-22(23)36-15-18-8-4-6-10-20(18)28)24-16(2)30-27(25(24)31(33)34)19-9-5-7-11-21(19)29-26(27)32/h4-14,16,24-25,30H,3,15H2,1-2H3,(H,29,32)/t16-,24-,25+,27-/m0/s1. The fourth-order valence-electron chi connectivity index (χ4n) is 5.44. The Bertz CT molecular complexity index is 1330. The zero-order valence-corrected chi connectivity index (χ0v) is 20.6. The summed E-state index contributed by atoms with van der Waals surface area (Å²) in [5.41, 5.74) is 1.25. The molecule has 2 aliphatic heterocycles. The highest BCUT2D eigenvalue weighted by Gasteiger charge is 2.67. The lowest BCUT2D eigenvalue weighted by Crippen LogP contribution is -2.54. The van der Waals surface area contributed by atoms with Crippen LogP contribution in [0.3, 0.4) is 0 Å². The molecule has 4 atom stereocenters. The number of amides is 1. The number of rotatable bonds is 7. The highest BCUT2D eigenvalue weighted by molar-refractivity contribution is 6.31. The first-order valence-electron chi connectivity index (χ1n) is 11.8. The van der Waals surface area contributed by atoms with E-state index in [1.54, 1.807) is 42.5 Å². The first-order valence-corrected chi connectivity index (χ1v) is 12.2. The van der Waals surface area contributed by atoms with Crippen LogP contribution >= 0.6 is 11.6 Å². The van der Waals surface area contributed by atoms with Crippen molar-refractivity contribution in [2.24, 2.45) is 0 Å². The van der Waals surface area contributed by atoms with Gasteiger partial charge in [0.25, 0.3) is 11.9 Å². The molecule has 2 heterocycles. The molecular weight excluding hydrogens is 482 g/mol. The molecule has 1 saturated heterocycles. The van der Waals surface area contributed by atoms with Crippen LogP contribution in [0.15, 0.2) is 66.7 Å². The minimum atomic E-state index is -1.46. The number of carbonyl (C=O) groups excluding carboxylic acids is 1. The Balaban J connectivity index is 1.51. The molecule has 1 spiro atoms. The highest BCUT2D eigenvalue weighted by atomic mass is 35.5. The molecule has 2 aliphatic rings. The molecule has 3 aromatic carbocycles. The van der Waals surface area contributed by atoms with Gasteiger partial charge in [-0.15, -0.1) is 0 Å². The third-order valence-electron chi connectivity index (χ3n) is 6.96. The van der Waals surface area contributed by atoms with Gasteiger partial charge in [-0.05, 0) is 43.7 Å². The van der Waals surface area contributed by atoms with Crippen LogP contribution in [0.2, 0.25) is 5.02 Å². The second-order valence-corrected chi connectivity index (χ2v) is 9.42. The van der Waals surface area contributed by atoms with Crippen LogP contribution in [0.4, 0.5) is 5.69 Å². The maximum absolute atomic E-state index is 13.2. The summed E-state index contributed by atoms with van der Waals surface area (Å²) in [4.78, 5) is 25.4. The number of ether oxygens (including phenoxy) is 2. The number of nitrogens with one attached hydrogen (secondary N) is 2. The molecule has 0 aromatic heterocycles. The van der Waals surface area contributed by atoms with Crippen molar-refractivity contribution in [2.45, 2.75) is 44.0 Å². The summed E-state index contributed by atoms with van der Waals surface area (Å²) in [5, 5.41) is 19.3. The number of para-hydroxylation sites is 1. The van der Waals surface area contributed by atoms with Gasteiger partial charge in [0.2, 0.25) is 0 Å². The van der Waals surface area contributed by atoms with E-state index in [2.05, 4.69) is 10.6 Å². The van der Waals surface area contributed by atoms with Gasteiger partial charge >= 0.3 is 0 Å². The van der Waals surface area contributed by atoms with Crippen molar-refractivity contribution in [2.75, 3.05) is 11.9 Å². The normalized spacial score (nSPS) is 24.4. The topological polar surface area (TPSA) is 103 Å². The van der Waals surface area contributed by atoms with Gasteiger partial charge in [0, 0.05) is 32.8 Å². The van der Waals surface area contributed by atoms with E-state index in [1.807, 2.05) is 38.1 Å². The van der Waals surface area contributed by atoms with Crippen molar-refractivity contribution in [1.82, 2.24) is 5.32 Å². The van der Waals surface area contributed by atoms with Crippen molar-refractivity contribution in [3.8, 4) is 11.5 Å². The van der Waals surface area contributed by atoms with E-state index in [4.69, 9.17) is 21.1 Å². The monoisotopic (exact) mass is 507 g/mol. The summed E-state index contributed by atoms with van der Waals surface area (Å²) in [5.74, 6) is -0.0118.